The predicted octanol–water partition coefficient (Wildman–Crippen LogP) is 6.30. The highest BCUT2D eigenvalue weighted by Gasteiger charge is 2.19. The first-order valence-corrected chi connectivity index (χ1v) is 10.3. The molecule has 0 saturated carbocycles. The lowest BCUT2D eigenvalue weighted by atomic mass is 10.1. The van der Waals surface area contributed by atoms with E-state index in [4.69, 9.17) is 4.98 Å². The Morgan fingerprint density at radius 2 is 1.76 bits per heavy atom. The molecular weight excluding hydrogens is 328 g/mol. The van der Waals surface area contributed by atoms with Gasteiger partial charge in [-0.2, -0.15) is 0 Å². The molecule has 1 unspecified atom stereocenters. The maximum absolute atomic E-state index is 10.5. The fraction of sp³-hybridized carbons (Fsp3) is 0.571. The van der Waals surface area contributed by atoms with Crippen molar-refractivity contribution in [1.82, 2.24) is 9.97 Å². The molecule has 0 aliphatic carbocycles. The number of aryl methyl sites for hydroxylation is 2. The standard InChI is InChI=1S/C21H32N2OS/c1-6-7-8-9-10-18(24)20-22-19(14(2)3)21(23-20)25-17-12-15(4)11-16(5)13-17/h11-14,18,24H,6-10H2,1-5H3,(H,22,23). The quantitative estimate of drug-likeness (QED) is 0.515. The molecule has 2 N–H and O–H groups in total. The van der Waals surface area contributed by atoms with Gasteiger partial charge in [0.1, 0.15) is 17.0 Å². The average Bonchev–Trinajstić information content (AvgIpc) is 2.94. The summed E-state index contributed by atoms with van der Waals surface area (Å²) in [4.78, 5) is 9.34. The number of nitrogens with one attached hydrogen (secondary N) is 1. The highest BCUT2D eigenvalue weighted by molar-refractivity contribution is 7.99. The van der Waals surface area contributed by atoms with Crippen molar-refractivity contribution < 1.29 is 5.11 Å². The van der Waals surface area contributed by atoms with Crippen LogP contribution in [0, 0.1) is 13.8 Å². The second-order valence-electron chi connectivity index (χ2n) is 7.29. The van der Waals surface area contributed by atoms with E-state index in [2.05, 4.69) is 57.8 Å². The van der Waals surface area contributed by atoms with Crippen LogP contribution in [0.3, 0.4) is 0 Å². The molecular formula is C21H32N2OS. The molecule has 1 atom stereocenters. The first-order valence-electron chi connectivity index (χ1n) is 9.44. The number of hydrogen-bond donors (Lipinski definition) is 2. The van der Waals surface area contributed by atoms with Crippen molar-refractivity contribution in [3.05, 3.63) is 40.8 Å². The van der Waals surface area contributed by atoms with Crippen molar-refractivity contribution in [3.8, 4) is 0 Å². The van der Waals surface area contributed by atoms with Crippen molar-refractivity contribution >= 4 is 11.8 Å². The highest BCUT2D eigenvalue weighted by atomic mass is 32.2. The van der Waals surface area contributed by atoms with Gasteiger partial charge < -0.3 is 10.1 Å². The molecule has 0 aliphatic heterocycles. The lowest BCUT2D eigenvalue weighted by molar-refractivity contribution is 0.154. The van der Waals surface area contributed by atoms with Gasteiger partial charge in [0.15, 0.2) is 0 Å². The van der Waals surface area contributed by atoms with E-state index in [0.717, 1.165) is 23.6 Å². The summed E-state index contributed by atoms with van der Waals surface area (Å²) in [5.74, 6) is 1.06. The Morgan fingerprint density at radius 1 is 1.08 bits per heavy atom. The van der Waals surface area contributed by atoms with E-state index in [9.17, 15) is 5.11 Å². The van der Waals surface area contributed by atoms with Gasteiger partial charge in [0, 0.05) is 4.90 Å². The Bertz CT molecular complexity index is 658. The first-order chi connectivity index (χ1) is 11.9. The number of aromatic amines is 1. The third kappa shape index (κ3) is 5.89. The van der Waals surface area contributed by atoms with E-state index >= 15 is 0 Å². The SMILES string of the molecule is CCCCCCC(O)c1nc(Sc2cc(C)cc(C)c2)c(C(C)C)[nH]1. The van der Waals surface area contributed by atoms with Crippen LogP contribution in [0.5, 0.6) is 0 Å². The van der Waals surface area contributed by atoms with Crippen LogP contribution in [-0.4, -0.2) is 15.1 Å². The van der Waals surface area contributed by atoms with Gasteiger partial charge in [-0.25, -0.2) is 4.98 Å². The van der Waals surface area contributed by atoms with Crippen LogP contribution >= 0.6 is 11.8 Å². The molecule has 138 valence electrons. The van der Waals surface area contributed by atoms with Gasteiger partial charge in [-0.05, 0) is 49.4 Å². The molecule has 0 saturated heterocycles. The van der Waals surface area contributed by atoms with Crippen LogP contribution in [0.25, 0.3) is 0 Å². The molecule has 0 fully saturated rings. The molecule has 0 bridgehead atoms. The summed E-state index contributed by atoms with van der Waals surface area (Å²) < 4.78 is 0. The van der Waals surface area contributed by atoms with Crippen LogP contribution < -0.4 is 0 Å². The molecule has 3 nitrogen and oxygen atoms in total. The summed E-state index contributed by atoms with van der Waals surface area (Å²) in [6.45, 7) is 10.8. The number of rotatable bonds is 9. The number of H-pyrrole nitrogens is 1. The van der Waals surface area contributed by atoms with Crippen molar-refractivity contribution in [2.24, 2.45) is 0 Å². The van der Waals surface area contributed by atoms with Gasteiger partial charge in [-0.1, -0.05) is 64.3 Å². The minimum Gasteiger partial charge on any atom is -0.385 e. The van der Waals surface area contributed by atoms with Crippen molar-refractivity contribution in [2.75, 3.05) is 0 Å². The van der Waals surface area contributed by atoms with Crippen LogP contribution in [-0.2, 0) is 0 Å². The van der Waals surface area contributed by atoms with E-state index in [-0.39, 0.29) is 0 Å². The normalized spacial score (nSPS) is 12.8. The summed E-state index contributed by atoms with van der Waals surface area (Å²) >= 11 is 1.69. The maximum Gasteiger partial charge on any atom is 0.136 e. The van der Waals surface area contributed by atoms with E-state index in [1.807, 2.05) is 0 Å². The molecule has 0 amide bonds. The number of benzene rings is 1. The zero-order valence-corrected chi connectivity index (χ0v) is 17.0. The average molecular weight is 361 g/mol. The molecule has 1 heterocycles. The molecule has 1 aromatic carbocycles. The smallest absolute Gasteiger partial charge is 0.136 e. The Labute approximate surface area is 156 Å². The van der Waals surface area contributed by atoms with Gasteiger partial charge in [-0.3, -0.25) is 0 Å². The van der Waals surface area contributed by atoms with Gasteiger partial charge >= 0.3 is 0 Å². The second kappa shape index (κ2) is 9.44. The van der Waals surface area contributed by atoms with E-state index < -0.39 is 6.10 Å². The largest absolute Gasteiger partial charge is 0.385 e. The number of nitrogens with zero attached hydrogens (tertiary/aromatic N) is 1. The Hall–Kier alpha value is -1.26. The number of aromatic nitrogens is 2. The lowest BCUT2D eigenvalue weighted by Gasteiger charge is -2.07. The summed E-state index contributed by atoms with van der Waals surface area (Å²) in [6, 6.07) is 6.57. The number of aliphatic hydroxyl groups is 1. The predicted molar refractivity (Wildman–Crippen MR) is 106 cm³/mol. The fourth-order valence-electron chi connectivity index (χ4n) is 3.02. The fourth-order valence-corrected chi connectivity index (χ4v) is 4.27. The van der Waals surface area contributed by atoms with Crippen LogP contribution in [0.1, 0.15) is 87.5 Å². The van der Waals surface area contributed by atoms with E-state index in [0.29, 0.717) is 11.7 Å². The van der Waals surface area contributed by atoms with E-state index in [1.165, 1.54) is 35.3 Å². The zero-order chi connectivity index (χ0) is 18.4. The van der Waals surface area contributed by atoms with Crippen molar-refractivity contribution in [3.63, 3.8) is 0 Å². The minimum absolute atomic E-state index is 0.349. The highest BCUT2D eigenvalue weighted by Crippen LogP contribution is 2.34. The minimum atomic E-state index is -0.497. The molecule has 4 heteroatoms. The van der Waals surface area contributed by atoms with Crippen molar-refractivity contribution in [1.29, 1.82) is 0 Å². The molecule has 1 aromatic heterocycles. The number of unbranched alkanes of at least 4 members (excludes halogenated alkanes) is 3. The molecule has 0 radical (unpaired) electrons. The number of hydrogen-bond acceptors (Lipinski definition) is 3. The molecule has 2 aromatic rings. The third-order valence-electron chi connectivity index (χ3n) is 4.35. The van der Waals surface area contributed by atoms with Crippen LogP contribution in [0.4, 0.5) is 0 Å². The second-order valence-corrected chi connectivity index (χ2v) is 8.35. The first kappa shape index (κ1) is 20.1. The summed E-state index contributed by atoms with van der Waals surface area (Å²) in [5.41, 5.74) is 3.65. The number of imidazole rings is 1. The van der Waals surface area contributed by atoms with Gasteiger partial charge in [-0.15, -0.1) is 0 Å². The maximum atomic E-state index is 10.5. The van der Waals surface area contributed by atoms with Gasteiger partial charge in [0.25, 0.3) is 0 Å². The Balaban J connectivity index is 2.15. The van der Waals surface area contributed by atoms with Gasteiger partial charge in [0.05, 0.1) is 5.69 Å². The van der Waals surface area contributed by atoms with Crippen LogP contribution in [0.2, 0.25) is 0 Å². The zero-order valence-electron chi connectivity index (χ0n) is 16.2. The van der Waals surface area contributed by atoms with Crippen molar-refractivity contribution in [2.45, 2.75) is 88.7 Å². The third-order valence-corrected chi connectivity index (χ3v) is 5.32. The molecule has 25 heavy (non-hydrogen) atoms. The monoisotopic (exact) mass is 360 g/mol. The Kier molecular flexibility index (Phi) is 7.57. The summed E-state index contributed by atoms with van der Waals surface area (Å²) in [7, 11) is 0. The van der Waals surface area contributed by atoms with Crippen LogP contribution in [0.15, 0.2) is 28.1 Å². The topological polar surface area (TPSA) is 48.9 Å². The number of aliphatic hydroxyl groups excluding tert-OH is 1. The molecule has 0 spiro atoms. The Morgan fingerprint density at radius 3 is 2.36 bits per heavy atom. The molecule has 0 aliphatic rings. The van der Waals surface area contributed by atoms with Gasteiger partial charge in [0.2, 0.25) is 0 Å². The molecule has 2 rings (SSSR count). The summed E-state index contributed by atoms with van der Waals surface area (Å²) in [6.07, 6.45) is 4.95. The lowest BCUT2D eigenvalue weighted by Crippen LogP contribution is -2.00. The summed E-state index contributed by atoms with van der Waals surface area (Å²) in [5, 5.41) is 11.5. The van der Waals surface area contributed by atoms with E-state index in [1.54, 1.807) is 11.8 Å².